The number of hydrogen-bond donors (Lipinski definition) is 0. The van der Waals surface area contributed by atoms with E-state index in [-0.39, 0.29) is 6.71 Å². The summed E-state index contributed by atoms with van der Waals surface area (Å²) in [5.41, 5.74) is 25.9. The van der Waals surface area contributed by atoms with Gasteiger partial charge in [0.25, 0.3) is 6.71 Å². The lowest BCUT2D eigenvalue weighted by Gasteiger charge is -2.46. The zero-order valence-corrected chi connectivity index (χ0v) is 37.2. The van der Waals surface area contributed by atoms with Crippen LogP contribution in [-0.2, 0) is 25.7 Å². The molecule has 11 aromatic rings. The van der Waals surface area contributed by atoms with Gasteiger partial charge in [-0.05, 0) is 138 Å². The van der Waals surface area contributed by atoms with Crippen molar-refractivity contribution in [3.8, 4) is 22.3 Å². The van der Waals surface area contributed by atoms with Crippen LogP contribution in [0.4, 0.5) is 34.1 Å². The van der Waals surface area contributed by atoms with Crippen molar-refractivity contribution < 1.29 is 8.83 Å². The largest absolute Gasteiger partial charge is 0.456 e. The van der Waals surface area contributed by atoms with Crippen LogP contribution in [-0.4, -0.2) is 6.71 Å². The number of rotatable bonds is 4. The van der Waals surface area contributed by atoms with Gasteiger partial charge in [0.05, 0.1) is 33.5 Å². The SMILES string of the molecule is c1ccc(-c2ccc3c(c2N2c4cccc5c4B(c4ccc6oc7ccccc7c6c42)c2ccc4oc6ccccc6c4c2N5c2c(-c4ccccc4)ccc4c2CCCC4)CCCC3)cc1. The highest BCUT2D eigenvalue weighted by Gasteiger charge is 2.47. The van der Waals surface area contributed by atoms with Gasteiger partial charge in [-0.2, -0.15) is 0 Å². The van der Waals surface area contributed by atoms with Gasteiger partial charge in [-0.1, -0.05) is 140 Å². The number of aryl methyl sites for hydroxylation is 2. The topological polar surface area (TPSA) is 32.8 Å². The predicted molar refractivity (Wildman–Crippen MR) is 279 cm³/mol. The van der Waals surface area contributed by atoms with E-state index in [1.165, 1.54) is 131 Å². The van der Waals surface area contributed by atoms with Crippen molar-refractivity contribution >= 4 is 101 Å². The molecule has 4 heterocycles. The predicted octanol–water partition coefficient (Wildman–Crippen LogP) is 14.7. The maximum atomic E-state index is 6.83. The standard InChI is InChI=1S/C62H45BN2O2/c1-3-16-38(17-4-1)44-32-30-40-20-7-9-22-42(40)59(44)64-50-26-15-27-51-58(50)63(48-34-36-54-56(61(48)64)46-24-11-13-28-52(46)66-54)49-35-37-55-57(47-25-12-14-29-53(47)67-55)62(49)65(51)60-43-23-10-8-21-41(43)31-33-45(60)39-18-5-2-6-19-39/h1-6,11-19,24-37H,7-10,20-23H2. The first-order valence-corrected chi connectivity index (χ1v) is 24.3. The molecule has 0 saturated heterocycles. The average Bonchev–Trinajstić information content (AvgIpc) is 3.98. The van der Waals surface area contributed by atoms with Crippen molar-refractivity contribution in [2.24, 2.45) is 0 Å². The Morgan fingerprint density at radius 3 is 1.30 bits per heavy atom. The van der Waals surface area contributed by atoms with Gasteiger partial charge >= 0.3 is 0 Å². The first-order valence-electron chi connectivity index (χ1n) is 24.3. The summed E-state index contributed by atoms with van der Waals surface area (Å²) in [6, 6.07) is 65.6. The van der Waals surface area contributed by atoms with E-state index in [0.717, 1.165) is 58.8 Å². The third-order valence-corrected chi connectivity index (χ3v) is 15.6. The van der Waals surface area contributed by atoms with Gasteiger partial charge in [0, 0.05) is 33.3 Å². The molecule has 0 saturated carbocycles. The number of furan rings is 2. The molecule has 67 heavy (non-hydrogen) atoms. The fourth-order valence-corrected chi connectivity index (χ4v) is 12.8. The molecule has 0 N–H and O–H groups in total. The number of para-hydroxylation sites is 2. The molecule has 15 rings (SSSR count). The lowest BCUT2D eigenvalue weighted by atomic mass is 9.33. The molecule has 0 atom stereocenters. The highest BCUT2D eigenvalue weighted by molar-refractivity contribution is 7.01. The monoisotopic (exact) mass is 860 g/mol. The highest BCUT2D eigenvalue weighted by atomic mass is 16.3. The molecule has 318 valence electrons. The summed E-state index contributed by atoms with van der Waals surface area (Å²) in [6.45, 7) is -0.0840. The molecule has 2 aliphatic carbocycles. The first-order chi connectivity index (χ1) is 33.3. The van der Waals surface area contributed by atoms with E-state index in [1.54, 1.807) is 0 Å². The van der Waals surface area contributed by atoms with Crippen LogP contribution in [0.25, 0.3) is 66.1 Å². The molecule has 0 amide bonds. The van der Waals surface area contributed by atoms with Crippen LogP contribution in [0.2, 0.25) is 0 Å². The van der Waals surface area contributed by atoms with E-state index in [0.29, 0.717) is 0 Å². The Morgan fingerprint density at radius 1 is 0.358 bits per heavy atom. The van der Waals surface area contributed by atoms with Gasteiger partial charge in [-0.15, -0.1) is 0 Å². The fraction of sp³-hybridized carbons (Fsp3) is 0.129. The molecule has 0 fully saturated rings. The minimum atomic E-state index is -0.0840. The lowest BCUT2D eigenvalue weighted by molar-refractivity contribution is 0.668. The van der Waals surface area contributed by atoms with Crippen molar-refractivity contribution in [3.05, 3.63) is 198 Å². The van der Waals surface area contributed by atoms with E-state index < -0.39 is 0 Å². The molecular formula is C62H45BN2O2. The van der Waals surface area contributed by atoms with Crippen molar-refractivity contribution in [2.75, 3.05) is 9.80 Å². The van der Waals surface area contributed by atoms with Gasteiger partial charge in [-0.3, -0.25) is 0 Å². The van der Waals surface area contributed by atoms with Crippen LogP contribution in [0.3, 0.4) is 0 Å². The average molecular weight is 861 g/mol. The minimum absolute atomic E-state index is 0.0840. The number of anilines is 6. The van der Waals surface area contributed by atoms with E-state index in [9.17, 15) is 0 Å². The second-order valence-electron chi connectivity index (χ2n) is 19.1. The smallest absolute Gasteiger partial charge is 0.252 e. The molecule has 0 bridgehead atoms. The summed E-state index contributed by atoms with van der Waals surface area (Å²) < 4.78 is 13.7. The van der Waals surface area contributed by atoms with Crippen LogP contribution >= 0.6 is 0 Å². The van der Waals surface area contributed by atoms with Gasteiger partial charge in [0.1, 0.15) is 22.3 Å². The van der Waals surface area contributed by atoms with Crippen LogP contribution in [0.15, 0.2) is 185 Å². The van der Waals surface area contributed by atoms with Crippen LogP contribution < -0.4 is 26.2 Å². The quantitative estimate of drug-likeness (QED) is 0.165. The Morgan fingerprint density at radius 2 is 0.806 bits per heavy atom. The molecule has 0 radical (unpaired) electrons. The maximum Gasteiger partial charge on any atom is 0.252 e. The van der Waals surface area contributed by atoms with Gasteiger partial charge in [-0.25, -0.2) is 0 Å². The Bertz CT molecular complexity index is 3600. The lowest BCUT2D eigenvalue weighted by Crippen LogP contribution is -2.61. The zero-order valence-electron chi connectivity index (χ0n) is 37.2. The molecule has 4 nitrogen and oxygen atoms in total. The molecule has 0 unspecified atom stereocenters. The van der Waals surface area contributed by atoms with Gasteiger partial charge in [0.2, 0.25) is 0 Å². The molecule has 2 aliphatic heterocycles. The molecule has 4 aliphatic rings. The van der Waals surface area contributed by atoms with Crippen molar-refractivity contribution in [1.82, 2.24) is 0 Å². The summed E-state index contributed by atoms with van der Waals surface area (Å²) in [4.78, 5) is 5.41. The second kappa shape index (κ2) is 14.4. The molecular weight excluding hydrogens is 816 g/mol. The molecule has 0 spiro atoms. The Balaban J connectivity index is 1.13. The van der Waals surface area contributed by atoms with E-state index in [1.807, 2.05) is 0 Å². The van der Waals surface area contributed by atoms with E-state index in [4.69, 9.17) is 8.83 Å². The summed E-state index contributed by atoms with van der Waals surface area (Å²) >= 11 is 0. The second-order valence-corrected chi connectivity index (χ2v) is 19.1. The summed E-state index contributed by atoms with van der Waals surface area (Å²) in [7, 11) is 0. The van der Waals surface area contributed by atoms with Crippen LogP contribution in [0.1, 0.15) is 47.9 Å². The van der Waals surface area contributed by atoms with Gasteiger partial charge < -0.3 is 18.6 Å². The normalized spacial score (nSPS) is 14.9. The molecule has 9 aromatic carbocycles. The summed E-state index contributed by atoms with van der Waals surface area (Å²) in [6.07, 6.45) is 9.01. The van der Waals surface area contributed by atoms with E-state index in [2.05, 4.69) is 186 Å². The number of hydrogen-bond acceptors (Lipinski definition) is 4. The summed E-state index contributed by atoms with van der Waals surface area (Å²) in [5.74, 6) is 0. The summed E-state index contributed by atoms with van der Waals surface area (Å²) in [5, 5.41) is 4.61. The van der Waals surface area contributed by atoms with Crippen molar-refractivity contribution in [3.63, 3.8) is 0 Å². The van der Waals surface area contributed by atoms with Crippen LogP contribution in [0, 0.1) is 0 Å². The first kappa shape index (κ1) is 37.5. The number of nitrogens with zero attached hydrogens (tertiary/aromatic N) is 2. The zero-order chi connectivity index (χ0) is 43.7. The molecule has 5 heteroatoms. The number of fused-ring (bicyclic) bond motifs is 14. The third-order valence-electron chi connectivity index (χ3n) is 15.6. The number of benzene rings is 9. The Hall–Kier alpha value is -7.76. The highest BCUT2D eigenvalue weighted by Crippen LogP contribution is 2.55. The Kier molecular flexibility index (Phi) is 8.04. The third kappa shape index (κ3) is 5.31. The fourth-order valence-electron chi connectivity index (χ4n) is 12.8. The van der Waals surface area contributed by atoms with Crippen molar-refractivity contribution in [1.29, 1.82) is 0 Å². The molecule has 2 aromatic heterocycles. The van der Waals surface area contributed by atoms with E-state index >= 15 is 0 Å². The van der Waals surface area contributed by atoms with Crippen molar-refractivity contribution in [2.45, 2.75) is 51.4 Å². The minimum Gasteiger partial charge on any atom is -0.456 e. The Labute approximate surface area is 389 Å². The van der Waals surface area contributed by atoms with Crippen LogP contribution in [0.5, 0.6) is 0 Å². The maximum absolute atomic E-state index is 6.83. The van der Waals surface area contributed by atoms with Gasteiger partial charge in [0.15, 0.2) is 0 Å².